The van der Waals surface area contributed by atoms with E-state index in [9.17, 15) is 4.79 Å². The zero-order valence-corrected chi connectivity index (χ0v) is 17.7. The van der Waals surface area contributed by atoms with Crippen molar-refractivity contribution >= 4 is 16.6 Å². The van der Waals surface area contributed by atoms with Crippen LogP contribution in [0, 0.1) is 0 Å². The van der Waals surface area contributed by atoms with Crippen molar-refractivity contribution in [1.29, 1.82) is 0 Å². The third-order valence-corrected chi connectivity index (χ3v) is 4.98. The summed E-state index contributed by atoms with van der Waals surface area (Å²) in [5.41, 5.74) is 7.07. The van der Waals surface area contributed by atoms with Crippen LogP contribution in [0.25, 0.3) is 10.9 Å². The SMILES string of the molecule is CC=C(CC)Oc1c(OCCCCCCCC)c(=O)n(C)c2cc(N)ccc12. The zero-order valence-electron chi connectivity index (χ0n) is 17.7. The zero-order chi connectivity index (χ0) is 20.5. The van der Waals surface area contributed by atoms with Crippen molar-refractivity contribution in [2.45, 2.75) is 65.7 Å². The molecule has 0 aliphatic rings. The van der Waals surface area contributed by atoms with E-state index in [1.807, 2.05) is 32.1 Å². The smallest absolute Gasteiger partial charge is 0.297 e. The van der Waals surface area contributed by atoms with E-state index < -0.39 is 0 Å². The number of nitrogens with two attached hydrogens (primary N) is 1. The lowest BCUT2D eigenvalue weighted by Crippen LogP contribution is -2.21. The second-order valence-corrected chi connectivity index (χ2v) is 7.13. The van der Waals surface area contributed by atoms with Gasteiger partial charge in [-0.3, -0.25) is 4.79 Å². The van der Waals surface area contributed by atoms with Gasteiger partial charge in [0.25, 0.3) is 5.56 Å². The summed E-state index contributed by atoms with van der Waals surface area (Å²) in [6.07, 6.45) is 9.65. The van der Waals surface area contributed by atoms with Crippen LogP contribution < -0.4 is 20.8 Å². The molecular weight excluding hydrogens is 352 g/mol. The molecule has 0 fully saturated rings. The van der Waals surface area contributed by atoms with E-state index in [4.69, 9.17) is 15.2 Å². The topological polar surface area (TPSA) is 66.5 Å². The summed E-state index contributed by atoms with van der Waals surface area (Å²) in [7, 11) is 1.74. The van der Waals surface area contributed by atoms with Crippen molar-refractivity contribution in [3.8, 4) is 11.5 Å². The Kier molecular flexibility index (Phi) is 8.42. The molecule has 5 nitrogen and oxygen atoms in total. The van der Waals surface area contributed by atoms with Crippen molar-refractivity contribution in [2.24, 2.45) is 7.05 Å². The van der Waals surface area contributed by atoms with Crippen LogP contribution in [0.15, 0.2) is 34.8 Å². The lowest BCUT2D eigenvalue weighted by Gasteiger charge is -2.18. The molecule has 1 heterocycles. The van der Waals surface area contributed by atoms with Crippen LogP contribution in [0.5, 0.6) is 11.5 Å². The fraction of sp³-hybridized carbons (Fsp3) is 0.522. The molecule has 0 radical (unpaired) electrons. The Morgan fingerprint density at radius 3 is 2.50 bits per heavy atom. The first-order chi connectivity index (χ1) is 13.5. The maximum atomic E-state index is 13.0. The van der Waals surface area contributed by atoms with Crippen LogP contribution in [0.3, 0.4) is 0 Å². The highest BCUT2D eigenvalue weighted by molar-refractivity contribution is 5.90. The minimum absolute atomic E-state index is 0.203. The van der Waals surface area contributed by atoms with Gasteiger partial charge in [0.15, 0.2) is 5.75 Å². The van der Waals surface area contributed by atoms with Crippen LogP contribution in [-0.4, -0.2) is 11.2 Å². The average molecular weight is 387 g/mol. The Morgan fingerprint density at radius 1 is 1.11 bits per heavy atom. The Labute approximate surface area is 168 Å². The van der Waals surface area contributed by atoms with Gasteiger partial charge in [0, 0.05) is 24.5 Å². The van der Waals surface area contributed by atoms with E-state index in [0.717, 1.165) is 35.9 Å². The number of benzene rings is 1. The van der Waals surface area contributed by atoms with Crippen molar-refractivity contribution in [3.05, 3.63) is 40.4 Å². The number of fused-ring (bicyclic) bond motifs is 1. The lowest BCUT2D eigenvalue weighted by molar-refractivity contribution is 0.281. The summed E-state index contributed by atoms with van der Waals surface area (Å²) < 4.78 is 13.7. The predicted octanol–water partition coefficient (Wildman–Crippen LogP) is 5.55. The maximum Gasteiger partial charge on any atom is 0.297 e. The van der Waals surface area contributed by atoms with Gasteiger partial charge in [-0.05, 0) is 37.6 Å². The van der Waals surface area contributed by atoms with E-state index in [1.165, 1.54) is 25.7 Å². The van der Waals surface area contributed by atoms with Crippen LogP contribution in [0.1, 0.15) is 65.7 Å². The molecule has 1 aromatic heterocycles. The minimum Gasteiger partial charge on any atom is -0.485 e. The number of hydrogen-bond acceptors (Lipinski definition) is 4. The van der Waals surface area contributed by atoms with Gasteiger partial charge in [-0.25, -0.2) is 0 Å². The van der Waals surface area contributed by atoms with E-state index in [-0.39, 0.29) is 11.3 Å². The first-order valence-corrected chi connectivity index (χ1v) is 10.4. The maximum absolute atomic E-state index is 13.0. The number of anilines is 1. The van der Waals surface area contributed by atoms with Crippen LogP contribution >= 0.6 is 0 Å². The molecule has 0 amide bonds. The lowest BCUT2D eigenvalue weighted by atomic mass is 10.1. The molecule has 0 saturated heterocycles. The molecule has 0 atom stereocenters. The molecule has 0 spiro atoms. The molecule has 2 rings (SSSR count). The quantitative estimate of drug-likeness (QED) is 0.312. The molecule has 0 aliphatic carbocycles. The van der Waals surface area contributed by atoms with E-state index in [1.54, 1.807) is 17.7 Å². The van der Waals surface area contributed by atoms with E-state index in [2.05, 4.69) is 6.92 Å². The van der Waals surface area contributed by atoms with Crippen molar-refractivity contribution < 1.29 is 9.47 Å². The van der Waals surface area contributed by atoms with Gasteiger partial charge >= 0.3 is 0 Å². The fourth-order valence-corrected chi connectivity index (χ4v) is 3.25. The number of unbranched alkanes of at least 4 members (excludes halogenated alkanes) is 5. The van der Waals surface area contributed by atoms with Gasteiger partial charge in [-0.15, -0.1) is 0 Å². The number of pyridine rings is 1. The first-order valence-electron chi connectivity index (χ1n) is 10.4. The molecule has 5 heteroatoms. The second kappa shape index (κ2) is 10.8. The summed E-state index contributed by atoms with van der Waals surface area (Å²) in [5.74, 6) is 1.57. The molecule has 28 heavy (non-hydrogen) atoms. The normalized spacial score (nSPS) is 11.8. The van der Waals surface area contributed by atoms with Gasteiger partial charge in [0.2, 0.25) is 5.75 Å². The van der Waals surface area contributed by atoms with E-state index in [0.29, 0.717) is 18.0 Å². The highest BCUT2D eigenvalue weighted by Crippen LogP contribution is 2.35. The monoisotopic (exact) mass is 386 g/mol. The number of nitrogen functional groups attached to an aromatic ring is 1. The van der Waals surface area contributed by atoms with Crippen LogP contribution in [0.4, 0.5) is 5.69 Å². The molecule has 0 saturated carbocycles. The van der Waals surface area contributed by atoms with Gasteiger partial charge in [-0.2, -0.15) is 0 Å². The molecule has 2 aromatic rings. The molecule has 2 N–H and O–H groups in total. The highest BCUT2D eigenvalue weighted by Gasteiger charge is 2.19. The molecule has 0 unspecified atom stereocenters. The third kappa shape index (κ3) is 5.31. The summed E-state index contributed by atoms with van der Waals surface area (Å²) in [4.78, 5) is 13.0. The van der Waals surface area contributed by atoms with Gasteiger partial charge in [0.05, 0.1) is 17.9 Å². The largest absolute Gasteiger partial charge is 0.485 e. The summed E-state index contributed by atoms with van der Waals surface area (Å²) >= 11 is 0. The number of aromatic nitrogens is 1. The number of allylic oxidation sites excluding steroid dienone is 2. The summed E-state index contributed by atoms with van der Waals surface area (Å²) in [6, 6.07) is 5.50. The molecule has 154 valence electrons. The summed E-state index contributed by atoms with van der Waals surface area (Å²) in [5, 5.41) is 0.821. The molecular formula is C23H34N2O3. The van der Waals surface area contributed by atoms with Crippen LogP contribution in [0.2, 0.25) is 0 Å². The van der Waals surface area contributed by atoms with Crippen molar-refractivity contribution in [1.82, 2.24) is 4.57 Å². The fourth-order valence-electron chi connectivity index (χ4n) is 3.25. The molecule has 0 aliphatic heterocycles. The van der Waals surface area contributed by atoms with E-state index >= 15 is 0 Å². The minimum atomic E-state index is -0.203. The average Bonchev–Trinajstić information content (AvgIpc) is 2.70. The number of nitrogens with zero attached hydrogens (tertiary/aromatic N) is 1. The van der Waals surface area contributed by atoms with Gasteiger partial charge in [-0.1, -0.05) is 46.0 Å². The van der Waals surface area contributed by atoms with Crippen molar-refractivity contribution in [3.63, 3.8) is 0 Å². The van der Waals surface area contributed by atoms with Gasteiger partial charge < -0.3 is 19.8 Å². The predicted molar refractivity (Wildman–Crippen MR) is 117 cm³/mol. The number of ether oxygens (including phenoxy) is 2. The Hall–Kier alpha value is -2.43. The Morgan fingerprint density at radius 2 is 1.82 bits per heavy atom. The van der Waals surface area contributed by atoms with Gasteiger partial charge in [0.1, 0.15) is 0 Å². The van der Waals surface area contributed by atoms with Crippen molar-refractivity contribution in [2.75, 3.05) is 12.3 Å². The first kappa shape index (κ1) is 21.9. The third-order valence-electron chi connectivity index (χ3n) is 4.98. The summed E-state index contributed by atoms with van der Waals surface area (Å²) in [6.45, 7) is 6.67. The standard InChI is InChI=1S/C23H34N2O3/c1-5-8-9-10-11-12-15-27-22-21(28-18(6-2)7-3)19-14-13-17(24)16-20(19)25(4)23(22)26/h6,13-14,16H,5,7-12,15,24H2,1-4H3. The highest BCUT2D eigenvalue weighted by atomic mass is 16.5. The molecule has 0 bridgehead atoms. The molecule has 1 aromatic carbocycles. The second-order valence-electron chi connectivity index (χ2n) is 7.13. The van der Waals surface area contributed by atoms with Crippen LogP contribution in [-0.2, 0) is 7.05 Å². The Balaban J connectivity index is 2.33. The number of rotatable bonds is 11. The Bertz CT molecular complexity index is 868. The number of aryl methyl sites for hydroxylation is 1. The number of hydrogen-bond donors (Lipinski definition) is 1.